The van der Waals surface area contributed by atoms with Gasteiger partial charge in [-0.25, -0.2) is 5.84 Å². The first-order valence-corrected chi connectivity index (χ1v) is 4.65. The summed E-state index contributed by atoms with van der Waals surface area (Å²) in [4.78, 5) is 10.8. The quantitative estimate of drug-likeness (QED) is 0.380. The molecule has 0 saturated carbocycles. The van der Waals surface area contributed by atoms with E-state index in [-0.39, 0.29) is 5.91 Å². The van der Waals surface area contributed by atoms with Gasteiger partial charge in [-0.3, -0.25) is 10.2 Å². The van der Waals surface area contributed by atoms with Crippen LogP contribution in [0.4, 0.5) is 0 Å². The van der Waals surface area contributed by atoms with Gasteiger partial charge in [0.2, 0.25) is 5.91 Å². The second-order valence-corrected chi connectivity index (χ2v) is 4.79. The van der Waals surface area contributed by atoms with Gasteiger partial charge in [-0.15, -0.1) is 0 Å². The third kappa shape index (κ3) is 6.19. The maximum atomic E-state index is 10.8. The van der Waals surface area contributed by atoms with Crippen LogP contribution in [0.2, 0.25) is 0 Å². The van der Waals surface area contributed by atoms with Crippen molar-refractivity contribution >= 4 is 17.7 Å². The first kappa shape index (κ1) is 10.8. The Kier molecular flexibility index (Phi) is 5.32. The average Bonchev–Trinajstić information content (AvgIpc) is 1.85. The molecule has 1 amide bonds. The molecule has 3 N–H and O–H groups in total. The summed E-state index contributed by atoms with van der Waals surface area (Å²) in [6.45, 7) is 6.25. The summed E-state index contributed by atoms with van der Waals surface area (Å²) in [5.74, 6) is 4.85. The summed E-state index contributed by atoms with van der Waals surface area (Å²) in [5.41, 5.74) is 2.12. The van der Waals surface area contributed by atoms with Gasteiger partial charge in [0.05, 0.1) is 0 Å². The molecule has 3 nitrogen and oxygen atoms in total. The number of carbonyl (C=O) groups is 1. The largest absolute Gasteiger partial charge is 0.294 e. The highest BCUT2D eigenvalue weighted by Gasteiger charge is 2.09. The number of hydrogen-bond donors (Lipinski definition) is 2. The van der Waals surface area contributed by atoms with Crippen LogP contribution in [-0.2, 0) is 4.79 Å². The standard InChI is InChI=1S/C7H16N2OS/c1-5(2)11-6(3)4-7(10)9-8/h5-6H,4,8H2,1-3H3,(H,9,10). The van der Waals surface area contributed by atoms with Gasteiger partial charge in [-0.05, 0) is 5.25 Å². The van der Waals surface area contributed by atoms with Gasteiger partial charge < -0.3 is 0 Å². The van der Waals surface area contributed by atoms with Crippen molar-refractivity contribution in [3.63, 3.8) is 0 Å². The number of amides is 1. The molecule has 0 aromatic carbocycles. The van der Waals surface area contributed by atoms with Crippen LogP contribution in [0, 0.1) is 0 Å². The molecule has 11 heavy (non-hydrogen) atoms. The Morgan fingerprint density at radius 1 is 1.55 bits per heavy atom. The van der Waals surface area contributed by atoms with E-state index in [0.29, 0.717) is 16.9 Å². The van der Waals surface area contributed by atoms with Gasteiger partial charge >= 0.3 is 0 Å². The molecule has 0 aromatic rings. The zero-order valence-electron chi connectivity index (χ0n) is 7.26. The molecule has 0 spiro atoms. The first-order valence-electron chi connectivity index (χ1n) is 3.71. The van der Waals surface area contributed by atoms with Crippen LogP contribution >= 0.6 is 11.8 Å². The molecule has 0 aliphatic carbocycles. The van der Waals surface area contributed by atoms with Crippen LogP contribution in [0.1, 0.15) is 27.2 Å². The topological polar surface area (TPSA) is 55.1 Å². The molecule has 1 atom stereocenters. The number of hydrogen-bond acceptors (Lipinski definition) is 3. The lowest BCUT2D eigenvalue weighted by Gasteiger charge is -2.11. The minimum atomic E-state index is -0.0920. The Hall–Kier alpha value is -0.220. The second-order valence-electron chi connectivity index (χ2n) is 2.77. The Balaban J connectivity index is 3.51. The van der Waals surface area contributed by atoms with Crippen LogP contribution in [0.15, 0.2) is 0 Å². The summed E-state index contributed by atoms with van der Waals surface area (Å²) >= 11 is 1.78. The van der Waals surface area contributed by atoms with Gasteiger partial charge in [0.25, 0.3) is 0 Å². The number of nitrogens with one attached hydrogen (secondary N) is 1. The molecule has 4 heteroatoms. The lowest BCUT2D eigenvalue weighted by atomic mass is 10.3. The van der Waals surface area contributed by atoms with Crippen LogP contribution < -0.4 is 11.3 Å². The third-order valence-corrected chi connectivity index (χ3v) is 2.31. The number of rotatable bonds is 4. The predicted octanol–water partition coefficient (Wildman–Crippen LogP) is 0.897. The normalized spacial score (nSPS) is 13.2. The summed E-state index contributed by atoms with van der Waals surface area (Å²) < 4.78 is 0. The van der Waals surface area contributed by atoms with Crippen molar-refractivity contribution in [3.05, 3.63) is 0 Å². The van der Waals surface area contributed by atoms with E-state index >= 15 is 0 Å². The smallest absolute Gasteiger partial charge is 0.234 e. The van der Waals surface area contributed by atoms with E-state index in [4.69, 9.17) is 5.84 Å². The molecule has 0 aliphatic rings. The van der Waals surface area contributed by atoms with Crippen molar-refractivity contribution in [2.75, 3.05) is 0 Å². The lowest BCUT2D eigenvalue weighted by Crippen LogP contribution is -2.31. The maximum absolute atomic E-state index is 10.8. The minimum Gasteiger partial charge on any atom is -0.294 e. The van der Waals surface area contributed by atoms with Crippen LogP contribution in [0.25, 0.3) is 0 Å². The molecule has 0 saturated heterocycles. The zero-order chi connectivity index (χ0) is 8.85. The summed E-state index contributed by atoms with van der Waals surface area (Å²) in [6.07, 6.45) is 0.499. The van der Waals surface area contributed by atoms with Crippen molar-refractivity contribution in [2.45, 2.75) is 37.7 Å². The average molecular weight is 176 g/mol. The molecule has 1 unspecified atom stereocenters. The Bertz CT molecular complexity index is 128. The monoisotopic (exact) mass is 176 g/mol. The van der Waals surface area contributed by atoms with E-state index in [9.17, 15) is 4.79 Å². The molecule has 0 heterocycles. The zero-order valence-corrected chi connectivity index (χ0v) is 8.07. The molecule has 0 fully saturated rings. The number of hydrazine groups is 1. The molecule has 0 aromatic heterocycles. The van der Waals surface area contributed by atoms with Gasteiger partial charge in [0.1, 0.15) is 0 Å². The molecular weight excluding hydrogens is 160 g/mol. The van der Waals surface area contributed by atoms with E-state index in [1.165, 1.54) is 0 Å². The van der Waals surface area contributed by atoms with Gasteiger partial charge in [0.15, 0.2) is 0 Å². The van der Waals surface area contributed by atoms with Crippen LogP contribution in [0.5, 0.6) is 0 Å². The second kappa shape index (κ2) is 5.43. The third-order valence-electron chi connectivity index (χ3n) is 1.14. The molecule has 0 rings (SSSR count). The van der Waals surface area contributed by atoms with Crippen molar-refractivity contribution < 1.29 is 4.79 Å². The first-order chi connectivity index (χ1) is 5.06. The molecular formula is C7H16N2OS. The lowest BCUT2D eigenvalue weighted by molar-refractivity contribution is -0.121. The number of carbonyl (C=O) groups excluding carboxylic acids is 1. The van der Waals surface area contributed by atoms with Crippen molar-refractivity contribution in [1.29, 1.82) is 0 Å². The van der Waals surface area contributed by atoms with Gasteiger partial charge in [-0.1, -0.05) is 20.8 Å². The van der Waals surface area contributed by atoms with Crippen LogP contribution in [0.3, 0.4) is 0 Å². The Labute approximate surface area is 72.1 Å². The van der Waals surface area contributed by atoms with Crippen molar-refractivity contribution in [2.24, 2.45) is 5.84 Å². The highest BCUT2D eigenvalue weighted by molar-refractivity contribution is 8.00. The van der Waals surface area contributed by atoms with E-state index in [2.05, 4.69) is 19.3 Å². The van der Waals surface area contributed by atoms with Crippen molar-refractivity contribution in [1.82, 2.24) is 5.43 Å². The number of thioether (sulfide) groups is 1. The van der Waals surface area contributed by atoms with E-state index in [0.717, 1.165) is 0 Å². The molecule has 0 bridgehead atoms. The fourth-order valence-corrected chi connectivity index (χ4v) is 2.01. The van der Waals surface area contributed by atoms with Crippen LogP contribution in [-0.4, -0.2) is 16.4 Å². The molecule has 0 aliphatic heterocycles. The molecule has 66 valence electrons. The Morgan fingerprint density at radius 2 is 2.09 bits per heavy atom. The van der Waals surface area contributed by atoms with Gasteiger partial charge in [-0.2, -0.15) is 11.8 Å². The van der Waals surface area contributed by atoms with E-state index in [1.807, 2.05) is 6.92 Å². The highest BCUT2D eigenvalue weighted by atomic mass is 32.2. The molecule has 0 radical (unpaired) electrons. The van der Waals surface area contributed by atoms with Crippen molar-refractivity contribution in [3.8, 4) is 0 Å². The summed E-state index contributed by atoms with van der Waals surface area (Å²) in [7, 11) is 0. The maximum Gasteiger partial charge on any atom is 0.234 e. The van der Waals surface area contributed by atoms with Gasteiger partial charge in [0, 0.05) is 11.7 Å². The highest BCUT2D eigenvalue weighted by Crippen LogP contribution is 2.18. The minimum absolute atomic E-state index is 0.0920. The van der Waals surface area contributed by atoms with E-state index < -0.39 is 0 Å². The summed E-state index contributed by atoms with van der Waals surface area (Å²) in [6, 6.07) is 0. The number of nitrogens with two attached hydrogens (primary N) is 1. The van der Waals surface area contributed by atoms with E-state index in [1.54, 1.807) is 11.8 Å². The summed E-state index contributed by atoms with van der Waals surface area (Å²) in [5, 5.41) is 0.911. The fraction of sp³-hybridized carbons (Fsp3) is 0.857. The SMILES string of the molecule is CC(C)SC(C)CC(=O)NN. The predicted molar refractivity (Wildman–Crippen MR) is 49.1 cm³/mol. The Morgan fingerprint density at radius 3 is 2.45 bits per heavy atom. The fourth-order valence-electron chi connectivity index (χ4n) is 0.833.